The highest BCUT2D eigenvalue weighted by Gasteiger charge is 2.45. The first-order chi connectivity index (χ1) is 25.4. The topological polar surface area (TPSA) is 132 Å². The monoisotopic (exact) mass is 723 g/mol. The lowest BCUT2D eigenvalue weighted by Gasteiger charge is -2.37. The fraction of sp³-hybridized carbons (Fsp3) is 0.390. The SMILES string of the molecule is CCOOCC(c1ccccc1)N1C(=O)c2cc(CCCOc3cc(C)nc(NC(=O)OC(C)(C)C)n3)ccc2N(C(C)C)C(=O)C1c1ccccc1. The molecular weight excluding hydrogens is 674 g/mol. The van der Waals surface area contributed by atoms with Crippen LogP contribution in [0.5, 0.6) is 5.88 Å². The molecule has 5 rings (SSSR count). The molecule has 0 radical (unpaired) electrons. The standard InChI is InChI=1S/C41H49N5O7/c1-8-51-52-26-34(30-17-11-9-12-18-30)46-36(31-19-13-10-14-20-31)38(48)45(27(2)3)33-22-21-29(25-32(33)37(46)47)16-15-23-50-35-24-28(4)42-39(43-35)44-40(49)53-41(5,6)7/h9-14,17-22,24-25,27,34,36H,8,15-16,23,26H2,1-7H3,(H,42,43,44,49). The molecule has 0 aliphatic carbocycles. The van der Waals surface area contributed by atoms with Gasteiger partial charge in [-0.3, -0.25) is 14.9 Å². The van der Waals surface area contributed by atoms with Gasteiger partial charge < -0.3 is 19.3 Å². The van der Waals surface area contributed by atoms with E-state index in [1.807, 2.05) is 99.6 Å². The number of aryl methyl sites for hydroxylation is 2. The van der Waals surface area contributed by atoms with Crippen LogP contribution in [0, 0.1) is 6.92 Å². The van der Waals surface area contributed by atoms with Gasteiger partial charge in [0.1, 0.15) is 18.2 Å². The van der Waals surface area contributed by atoms with Gasteiger partial charge in [-0.05, 0) is 90.1 Å². The molecule has 1 aliphatic heterocycles. The van der Waals surface area contributed by atoms with Gasteiger partial charge in [-0.25, -0.2) is 19.6 Å². The number of carbonyl (C=O) groups excluding carboxylic acids is 3. The Hall–Kier alpha value is -5.33. The molecule has 3 amide bonds. The van der Waals surface area contributed by atoms with Crippen LogP contribution in [0.15, 0.2) is 84.9 Å². The van der Waals surface area contributed by atoms with Gasteiger partial charge in [0.15, 0.2) is 0 Å². The van der Waals surface area contributed by atoms with Gasteiger partial charge in [-0.2, -0.15) is 4.98 Å². The number of amides is 3. The molecule has 280 valence electrons. The Labute approximate surface area is 311 Å². The third kappa shape index (κ3) is 9.97. The van der Waals surface area contributed by atoms with Crippen LogP contribution in [0.4, 0.5) is 16.4 Å². The molecule has 12 nitrogen and oxygen atoms in total. The van der Waals surface area contributed by atoms with Gasteiger partial charge in [0.05, 0.1) is 30.5 Å². The second-order valence-corrected chi connectivity index (χ2v) is 14.0. The highest BCUT2D eigenvalue weighted by atomic mass is 17.2. The first-order valence-electron chi connectivity index (χ1n) is 18.0. The summed E-state index contributed by atoms with van der Waals surface area (Å²) in [4.78, 5) is 65.0. The highest BCUT2D eigenvalue weighted by Crippen LogP contribution is 2.41. The van der Waals surface area contributed by atoms with E-state index in [1.165, 1.54) is 0 Å². The van der Waals surface area contributed by atoms with Gasteiger partial charge >= 0.3 is 6.09 Å². The molecular formula is C41H49N5O7. The van der Waals surface area contributed by atoms with E-state index in [1.54, 1.807) is 43.6 Å². The summed E-state index contributed by atoms with van der Waals surface area (Å²) in [6, 6.07) is 24.5. The number of nitrogens with one attached hydrogen (secondary N) is 1. The second-order valence-electron chi connectivity index (χ2n) is 14.0. The number of carbonyl (C=O) groups is 3. The Morgan fingerprint density at radius 3 is 2.28 bits per heavy atom. The van der Waals surface area contributed by atoms with Crippen molar-refractivity contribution in [2.75, 3.05) is 30.0 Å². The molecule has 1 aliphatic rings. The van der Waals surface area contributed by atoms with Crippen molar-refractivity contribution in [3.63, 3.8) is 0 Å². The Bertz CT molecular complexity index is 1860. The van der Waals surface area contributed by atoms with E-state index in [9.17, 15) is 9.59 Å². The number of ether oxygens (including phenoxy) is 2. The zero-order chi connectivity index (χ0) is 38.1. The summed E-state index contributed by atoms with van der Waals surface area (Å²) in [5.41, 5.74) is 3.34. The van der Waals surface area contributed by atoms with Crippen LogP contribution in [-0.2, 0) is 25.7 Å². The van der Waals surface area contributed by atoms with E-state index in [0.29, 0.717) is 54.4 Å². The molecule has 2 unspecified atom stereocenters. The summed E-state index contributed by atoms with van der Waals surface area (Å²) < 4.78 is 11.3. The number of benzene rings is 3. The van der Waals surface area contributed by atoms with E-state index in [-0.39, 0.29) is 30.4 Å². The van der Waals surface area contributed by atoms with E-state index in [4.69, 9.17) is 19.2 Å². The van der Waals surface area contributed by atoms with Gasteiger partial charge in [-0.1, -0.05) is 66.7 Å². The van der Waals surface area contributed by atoms with Crippen molar-refractivity contribution in [2.24, 2.45) is 0 Å². The average Bonchev–Trinajstić information content (AvgIpc) is 3.20. The maximum Gasteiger partial charge on any atom is 0.414 e. The number of rotatable bonds is 14. The molecule has 53 heavy (non-hydrogen) atoms. The van der Waals surface area contributed by atoms with E-state index in [2.05, 4.69) is 15.3 Å². The summed E-state index contributed by atoms with van der Waals surface area (Å²) in [6.45, 7) is 13.5. The summed E-state index contributed by atoms with van der Waals surface area (Å²) in [5.74, 6) is -0.103. The van der Waals surface area contributed by atoms with Crippen LogP contribution in [0.2, 0.25) is 0 Å². The third-order valence-corrected chi connectivity index (χ3v) is 8.42. The number of anilines is 2. The fourth-order valence-electron chi connectivity index (χ4n) is 6.26. The Morgan fingerprint density at radius 2 is 1.62 bits per heavy atom. The summed E-state index contributed by atoms with van der Waals surface area (Å²) in [7, 11) is 0. The first-order valence-corrected chi connectivity index (χ1v) is 18.0. The lowest BCUT2D eigenvalue weighted by Crippen LogP contribution is -2.47. The molecule has 0 spiro atoms. The normalized spacial score (nSPS) is 15.2. The average molecular weight is 724 g/mol. The molecule has 0 saturated carbocycles. The fourth-order valence-corrected chi connectivity index (χ4v) is 6.26. The smallest absolute Gasteiger partial charge is 0.414 e. The summed E-state index contributed by atoms with van der Waals surface area (Å²) in [6.07, 6.45) is 0.527. The predicted molar refractivity (Wildman–Crippen MR) is 202 cm³/mol. The largest absolute Gasteiger partial charge is 0.478 e. The quantitative estimate of drug-likeness (QED) is 0.0787. The number of nitrogens with zero attached hydrogens (tertiary/aromatic N) is 4. The second kappa shape index (κ2) is 17.5. The lowest BCUT2D eigenvalue weighted by atomic mass is 9.97. The van der Waals surface area contributed by atoms with Crippen molar-refractivity contribution in [2.45, 2.75) is 85.0 Å². The Kier molecular flexibility index (Phi) is 12.8. The molecule has 12 heteroatoms. The minimum atomic E-state index is -0.934. The van der Waals surface area contributed by atoms with Crippen molar-refractivity contribution in [1.29, 1.82) is 0 Å². The van der Waals surface area contributed by atoms with E-state index in [0.717, 1.165) is 11.1 Å². The van der Waals surface area contributed by atoms with Gasteiger partial charge in [0.25, 0.3) is 11.8 Å². The van der Waals surface area contributed by atoms with Gasteiger partial charge in [0.2, 0.25) is 11.8 Å². The molecule has 1 N–H and O–H groups in total. The van der Waals surface area contributed by atoms with Crippen LogP contribution >= 0.6 is 0 Å². The minimum Gasteiger partial charge on any atom is -0.478 e. The number of aromatic nitrogens is 2. The molecule has 0 bridgehead atoms. The van der Waals surface area contributed by atoms with Crippen LogP contribution in [0.1, 0.15) is 92.8 Å². The van der Waals surface area contributed by atoms with Gasteiger partial charge in [-0.15, -0.1) is 0 Å². The maximum atomic E-state index is 15.0. The van der Waals surface area contributed by atoms with Crippen molar-refractivity contribution in [1.82, 2.24) is 14.9 Å². The Morgan fingerprint density at radius 1 is 0.925 bits per heavy atom. The van der Waals surface area contributed by atoms with Gasteiger partial charge in [0, 0.05) is 17.8 Å². The zero-order valence-electron chi connectivity index (χ0n) is 31.5. The minimum absolute atomic E-state index is 0.0196. The molecule has 2 heterocycles. The first kappa shape index (κ1) is 38.9. The van der Waals surface area contributed by atoms with Crippen molar-refractivity contribution in [3.8, 4) is 5.88 Å². The highest BCUT2D eigenvalue weighted by molar-refractivity contribution is 6.11. The third-order valence-electron chi connectivity index (χ3n) is 8.42. The summed E-state index contributed by atoms with van der Waals surface area (Å²) >= 11 is 0. The van der Waals surface area contributed by atoms with Crippen LogP contribution in [-0.4, -0.2) is 64.2 Å². The molecule has 2 atom stereocenters. The molecule has 0 fully saturated rings. The maximum absolute atomic E-state index is 15.0. The zero-order valence-corrected chi connectivity index (χ0v) is 31.5. The Balaban J connectivity index is 1.43. The van der Waals surface area contributed by atoms with Crippen molar-refractivity contribution >= 4 is 29.5 Å². The molecule has 4 aromatic rings. The van der Waals surface area contributed by atoms with Crippen LogP contribution in [0.25, 0.3) is 0 Å². The number of hydrogen-bond donors (Lipinski definition) is 1. The van der Waals surface area contributed by atoms with Crippen LogP contribution < -0.4 is 15.0 Å². The summed E-state index contributed by atoms with van der Waals surface area (Å²) in [5, 5.41) is 2.56. The van der Waals surface area contributed by atoms with Crippen molar-refractivity contribution < 1.29 is 33.6 Å². The van der Waals surface area contributed by atoms with Crippen molar-refractivity contribution in [3.05, 3.63) is 113 Å². The lowest BCUT2D eigenvalue weighted by molar-refractivity contribution is -0.298. The van der Waals surface area contributed by atoms with E-state index >= 15 is 4.79 Å². The molecule has 3 aromatic carbocycles. The number of hydrogen-bond acceptors (Lipinski definition) is 9. The van der Waals surface area contributed by atoms with E-state index < -0.39 is 23.8 Å². The molecule has 1 aromatic heterocycles. The van der Waals surface area contributed by atoms with Crippen LogP contribution in [0.3, 0.4) is 0 Å². The predicted octanol–water partition coefficient (Wildman–Crippen LogP) is 7.79. The number of fused-ring (bicyclic) bond motifs is 1. The molecule has 0 saturated heterocycles.